The predicted octanol–water partition coefficient (Wildman–Crippen LogP) is 3.32. The van der Waals surface area contributed by atoms with Crippen molar-refractivity contribution < 1.29 is 13.2 Å². The lowest BCUT2D eigenvalue weighted by molar-refractivity contribution is -0.120. The van der Waals surface area contributed by atoms with Crippen LogP contribution in [0.1, 0.15) is 18.4 Å². The van der Waals surface area contributed by atoms with E-state index in [-0.39, 0.29) is 16.7 Å². The number of nitrogens with zero attached hydrogens (tertiary/aromatic N) is 2. The summed E-state index contributed by atoms with van der Waals surface area (Å²) in [7, 11) is -3.62. The van der Waals surface area contributed by atoms with E-state index in [0.717, 1.165) is 10.6 Å². The van der Waals surface area contributed by atoms with Crippen LogP contribution in [0, 0.1) is 17.2 Å². The fraction of sp³-hybridized carbons (Fsp3) is 0.300. The highest BCUT2D eigenvalue weighted by Gasteiger charge is 2.32. The molecule has 0 saturated carbocycles. The summed E-state index contributed by atoms with van der Waals surface area (Å²) in [5.41, 5.74) is 1.20. The quantitative estimate of drug-likeness (QED) is 0.757. The zero-order valence-corrected chi connectivity index (χ0v) is 17.1. The lowest BCUT2D eigenvalue weighted by Crippen LogP contribution is -2.41. The van der Waals surface area contributed by atoms with Gasteiger partial charge in [0.15, 0.2) is 0 Å². The van der Waals surface area contributed by atoms with Gasteiger partial charge in [-0.3, -0.25) is 4.79 Å². The zero-order valence-electron chi connectivity index (χ0n) is 15.5. The van der Waals surface area contributed by atoms with Crippen LogP contribution in [0.2, 0.25) is 0 Å². The third-order valence-electron chi connectivity index (χ3n) is 4.81. The Hall–Kier alpha value is -2.34. The predicted molar refractivity (Wildman–Crippen MR) is 109 cm³/mol. The maximum atomic E-state index is 12.8. The lowest BCUT2D eigenvalue weighted by Gasteiger charge is -2.30. The molecule has 1 amide bonds. The van der Waals surface area contributed by atoms with Gasteiger partial charge in [-0.1, -0.05) is 12.1 Å². The number of carbonyl (C=O) groups is 1. The van der Waals surface area contributed by atoms with Crippen LogP contribution in [-0.2, 0) is 14.8 Å². The average molecular weight is 416 g/mol. The molecule has 1 heterocycles. The number of nitrogens with one attached hydrogen (secondary N) is 1. The molecule has 0 aromatic heterocycles. The molecule has 28 heavy (non-hydrogen) atoms. The summed E-state index contributed by atoms with van der Waals surface area (Å²) < 4.78 is 27.0. The van der Waals surface area contributed by atoms with Gasteiger partial charge in [0.2, 0.25) is 15.9 Å². The van der Waals surface area contributed by atoms with Crippen molar-refractivity contribution >= 4 is 33.4 Å². The monoisotopic (exact) mass is 415 g/mol. The number of hydrogen-bond acceptors (Lipinski definition) is 5. The second-order valence-electron chi connectivity index (χ2n) is 6.50. The number of benzene rings is 2. The van der Waals surface area contributed by atoms with Crippen molar-refractivity contribution in [1.82, 2.24) is 4.31 Å². The Balaban J connectivity index is 1.63. The van der Waals surface area contributed by atoms with E-state index >= 15 is 0 Å². The minimum atomic E-state index is -3.62. The normalized spacial score (nSPS) is 15.7. The Bertz CT molecular complexity index is 990. The molecule has 3 rings (SSSR count). The van der Waals surface area contributed by atoms with E-state index in [4.69, 9.17) is 5.26 Å². The first-order valence-corrected chi connectivity index (χ1v) is 11.6. The molecule has 0 bridgehead atoms. The summed E-state index contributed by atoms with van der Waals surface area (Å²) in [6, 6.07) is 15.5. The van der Waals surface area contributed by atoms with Crippen molar-refractivity contribution in [2.75, 3.05) is 24.7 Å². The molecule has 6 nitrogen and oxygen atoms in total. The molecule has 1 aliphatic rings. The van der Waals surface area contributed by atoms with Crippen molar-refractivity contribution in [2.45, 2.75) is 22.6 Å². The number of amides is 1. The van der Waals surface area contributed by atoms with Crippen molar-refractivity contribution in [3.8, 4) is 6.07 Å². The molecular formula is C20H21N3O3S2. The zero-order chi connectivity index (χ0) is 20.1. The van der Waals surface area contributed by atoms with Crippen LogP contribution < -0.4 is 5.32 Å². The molecular weight excluding hydrogens is 394 g/mol. The second kappa shape index (κ2) is 8.78. The molecule has 1 aliphatic heterocycles. The van der Waals surface area contributed by atoms with Gasteiger partial charge in [-0.15, -0.1) is 11.8 Å². The van der Waals surface area contributed by atoms with Gasteiger partial charge in [-0.05, 0) is 55.5 Å². The van der Waals surface area contributed by atoms with Crippen LogP contribution in [0.25, 0.3) is 0 Å². The third kappa shape index (κ3) is 4.38. The third-order valence-corrected chi connectivity index (χ3v) is 7.52. The summed E-state index contributed by atoms with van der Waals surface area (Å²) in [6.45, 7) is 0.592. The van der Waals surface area contributed by atoms with Crippen molar-refractivity contribution in [1.29, 1.82) is 5.26 Å². The highest BCUT2D eigenvalue weighted by molar-refractivity contribution is 7.98. The van der Waals surface area contributed by atoms with Gasteiger partial charge < -0.3 is 5.32 Å². The molecule has 8 heteroatoms. The van der Waals surface area contributed by atoms with Gasteiger partial charge in [0, 0.05) is 23.9 Å². The number of para-hydroxylation sites is 1. The number of rotatable bonds is 5. The molecule has 0 unspecified atom stereocenters. The maximum Gasteiger partial charge on any atom is 0.243 e. The highest BCUT2D eigenvalue weighted by atomic mass is 32.2. The summed E-state index contributed by atoms with van der Waals surface area (Å²) in [6.07, 6.45) is 2.91. The van der Waals surface area contributed by atoms with Crippen LogP contribution in [0.5, 0.6) is 0 Å². The topological polar surface area (TPSA) is 90.3 Å². The Morgan fingerprint density at radius 2 is 1.79 bits per heavy atom. The number of piperidine rings is 1. The van der Waals surface area contributed by atoms with Gasteiger partial charge in [-0.25, -0.2) is 8.42 Å². The standard InChI is InChI=1S/C20H21N3O3S2/c1-27-19-5-3-2-4-18(19)22-20(24)16-10-12-23(13-11-16)28(25,26)17-8-6-15(14-21)7-9-17/h2-9,16H,10-13H2,1H3,(H,22,24). The number of carbonyl (C=O) groups excluding carboxylic acids is 1. The summed E-state index contributed by atoms with van der Waals surface area (Å²) in [5.74, 6) is -0.292. The van der Waals surface area contributed by atoms with Gasteiger partial charge in [0.1, 0.15) is 0 Å². The summed E-state index contributed by atoms with van der Waals surface area (Å²) in [4.78, 5) is 13.8. The lowest BCUT2D eigenvalue weighted by atomic mass is 9.97. The van der Waals surface area contributed by atoms with E-state index in [2.05, 4.69) is 5.32 Å². The van der Waals surface area contributed by atoms with Gasteiger partial charge in [0.25, 0.3) is 0 Å². The molecule has 0 atom stereocenters. The van der Waals surface area contributed by atoms with Gasteiger partial charge in [-0.2, -0.15) is 9.57 Å². The van der Waals surface area contributed by atoms with E-state index in [1.54, 1.807) is 11.8 Å². The molecule has 1 N–H and O–H groups in total. The van der Waals surface area contributed by atoms with Crippen molar-refractivity contribution in [3.05, 3.63) is 54.1 Å². The van der Waals surface area contributed by atoms with E-state index < -0.39 is 10.0 Å². The maximum absolute atomic E-state index is 12.8. The summed E-state index contributed by atoms with van der Waals surface area (Å²) >= 11 is 1.57. The first kappa shape index (κ1) is 20.4. The molecule has 0 radical (unpaired) electrons. The largest absolute Gasteiger partial charge is 0.325 e. The fourth-order valence-corrected chi connectivity index (χ4v) is 5.21. The molecule has 0 aliphatic carbocycles. The molecule has 146 valence electrons. The average Bonchev–Trinajstić information content (AvgIpc) is 2.74. The first-order valence-electron chi connectivity index (χ1n) is 8.90. The molecule has 1 saturated heterocycles. The highest BCUT2D eigenvalue weighted by Crippen LogP contribution is 2.28. The second-order valence-corrected chi connectivity index (χ2v) is 9.29. The fourth-order valence-electron chi connectivity index (χ4n) is 3.19. The van der Waals surface area contributed by atoms with Gasteiger partial charge in [0.05, 0.1) is 22.2 Å². The molecule has 0 spiro atoms. The van der Waals surface area contributed by atoms with E-state index in [0.29, 0.717) is 31.5 Å². The number of nitriles is 1. The van der Waals surface area contributed by atoms with Crippen LogP contribution in [0.15, 0.2) is 58.3 Å². The first-order chi connectivity index (χ1) is 13.5. The number of hydrogen-bond donors (Lipinski definition) is 1. The van der Waals surface area contributed by atoms with Crippen LogP contribution in [0.4, 0.5) is 5.69 Å². The smallest absolute Gasteiger partial charge is 0.243 e. The molecule has 1 fully saturated rings. The van der Waals surface area contributed by atoms with E-state index in [9.17, 15) is 13.2 Å². The Labute approximate surface area is 169 Å². The SMILES string of the molecule is CSc1ccccc1NC(=O)C1CCN(S(=O)(=O)c2ccc(C#N)cc2)CC1. The summed E-state index contributed by atoms with van der Waals surface area (Å²) in [5, 5.41) is 11.8. The van der Waals surface area contributed by atoms with E-state index in [1.165, 1.54) is 28.6 Å². The number of thioether (sulfide) groups is 1. The van der Waals surface area contributed by atoms with Gasteiger partial charge >= 0.3 is 0 Å². The minimum absolute atomic E-state index is 0.0723. The number of anilines is 1. The molecule has 2 aromatic rings. The minimum Gasteiger partial charge on any atom is -0.325 e. The van der Waals surface area contributed by atoms with Crippen LogP contribution >= 0.6 is 11.8 Å². The van der Waals surface area contributed by atoms with Crippen LogP contribution in [-0.4, -0.2) is 38.0 Å². The Morgan fingerprint density at radius 3 is 2.39 bits per heavy atom. The van der Waals surface area contributed by atoms with Crippen molar-refractivity contribution in [2.24, 2.45) is 5.92 Å². The van der Waals surface area contributed by atoms with Crippen molar-refractivity contribution in [3.63, 3.8) is 0 Å². The Kier molecular flexibility index (Phi) is 6.39. The Morgan fingerprint density at radius 1 is 1.14 bits per heavy atom. The molecule has 2 aromatic carbocycles. The number of sulfonamides is 1. The van der Waals surface area contributed by atoms with E-state index in [1.807, 2.05) is 36.6 Å². The van der Waals surface area contributed by atoms with Crippen LogP contribution in [0.3, 0.4) is 0 Å².